The van der Waals surface area contributed by atoms with Crippen molar-refractivity contribution in [1.82, 2.24) is 24.6 Å². The van der Waals surface area contributed by atoms with Gasteiger partial charge in [0.2, 0.25) is 5.95 Å². The highest BCUT2D eigenvalue weighted by Gasteiger charge is 2.29. The zero-order valence-electron chi connectivity index (χ0n) is 13.3. The molecule has 1 fully saturated rings. The maximum absolute atomic E-state index is 11.1. The number of nitrogens with zero attached hydrogens (tertiary/aromatic N) is 6. The predicted molar refractivity (Wildman–Crippen MR) is 90.1 cm³/mol. The first-order valence-electron chi connectivity index (χ1n) is 7.40. The van der Waals surface area contributed by atoms with Gasteiger partial charge < -0.3 is 20.6 Å². The van der Waals surface area contributed by atoms with Crippen LogP contribution in [0.3, 0.4) is 0 Å². The number of aromatic nitrogens is 4. The molecule has 9 nitrogen and oxygen atoms in total. The topological polar surface area (TPSA) is 113 Å². The molecule has 1 aliphatic rings. The lowest BCUT2D eigenvalue weighted by atomic mass is 10.2. The van der Waals surface area contributed by atoms with E-state index < -0.39 is 6.09 Å². The average Bonchev–Trinajstić information content (AvgIpc) is 3.14. The number of rotatable bonds is 3. The van der Waals surface area contributed by atoms with Crippen molar-refractivity contribution in [2.75, 3.05) is 30.8 Å². The third-order valence-electron chi connectivity index (χ3n) is 4.21. The first-order valence-corrected chi connectivity index (χ1v) is 7.77. The fraction of sp³-hybridized carbons (Fsp3) is 0.429. The third kappa shape index (κ3) is 2.94. The molecular weight excluding hydrogens is 334 g/mol. The fourth-order valence-corrected chi connectivity index (χ4v) is 2.96. The molecule has 1 amide bonds. The van der Waals surface area contributed by atoms with Crippen molar-refractivity contribution in [2.24, 2.45) is 7.05 Å². The maximum Gasteiger partial charge on any atom is 0.407 e. The minimum absolute atomic E-state index is 0.0795. The van der Waals surface area contributed by atoms with E-state index in [1.165, 1.54) is 4.90 Å². The molecule has 0 aliphatic carbocycles. The van der Waals surface area contributed by atoms with Crippen LogP contribution in [0.2, 0.25) is 5.15 Å². The quantitative estimate of drug-likeness (QED) is 0.856. The summed E-state index contributed by atoms with van der Waals surface area (Å²) in [5.74, 6) is 0.788. The van der Waals surface area contributed by atoms with Crippen molar-refractivity contribution in [2.45, 2.75) is 12.5 Å². The van der Waals surface area contributed by atoms with E-state index in [1.807, 2.05) is 4.90 Å². The molecule has 24 heavy (non-hydrogen) atoms. The van der Waals surface area contributed by atoms with Crippen molar-refractivity contribution in [3.05, 3.63) is 17.4 Å². The molecular formula is C14H18ClN7O2. The Morgan fingerprint density at radius 2 is 2.25 bits per heavy atom. The van der Waals surface area contributed by atoms with Crippen LogP contribution < -0.4 is 10.6 Å². The average molecular weight is 352 g/mol. The Bertz CT molecular complexity index is 778. The Balaban J connectivity index is 1.88. The molecule has 0 saturated carbocycles. The van der Waals surface area contributed by atoms with Crippen molar-refractivity contribution < 1.29 is 9.90 Å². The maximum atomic E-state index is 11.1. The second kappa shape index (κ2) is 6.16. The van der Waals surface area contributed by atoms with E-state index in [-0.39, 0.29) is 12.0 Å². The van der Waals surface area contributed by atoms with Crippen LogP contribution in [0.5, 0.6) is 0 Å². The van der Waals surface area contributed by atoms with Gasteiger partial charge in [0.15, 0.2) is 0 Å². The van der Waals surface area contributed by atoms with Crippen LogP contribution in [0, 0.1) is 0 Å². The summed E-state index contributed by atoms with van der Waals surface area (Å²) in [5, 5.41) is 13.7. The van der Waals surface area contributed by atoms with Gasteiger partial charge in [-0.05, 0) is 6.42 Å². The van der Waals surface area contributed by atoms with Gasteiger partial charge in [0.05, 0.1) is 23.5 Å². The highest BCUT2D eigenvalue weighted by Crippen LogP contribution is 2.30. The van der Waals surface area contributed by atoms with Gasteiger partial charge in [-0.2, -0.15) is 10.1 Å². The van der Waals surface area contributed by atoms with Crippen LogP contribution >= 0.6 is 11.6 Å². The van der Waals surface area contributed by atoms with Crippen LogP contribution in [0.1, 0.15) is 6.42 Å². The van der Waals surface area contributed by atoms with Gasteiger partial charge in [0, 0.05) is 33.3 Å². The molecule has 3 heterocycles. The first kappa shape index (κ1) is 16.3. The molecule has 2 aromatic rings. The highest BCUT2D eigenvalue weighted by atomic mass is 35.5. The molecule has 1 atom stereocenters. The summed E-state index contributed by atoms with van der Waals surface area (Å²) in [6.07, 6.45) is 1.42. The van der Waals surface area contributed by atoms with E-state index in [2.05, 4.69) is 15.1 Å². The van der Waals surface area contributed by atoms with Crippen molar-refractivity contribution in [3.8, 4) is 11.3 Å². The van der Waals surface area contributed by atoms with Crippen LogP contribution in [0.25, 0.3) is 11.3 Å². The normalized spacial score (nSPS) is 17.3. The summed E-state index contributed by atoms with van der Waals surface area (Å²) in [4.78, 5) is 22.9. The Hall–Kier alpha value is -2.55. The van der Waals surface area contributed by atoms with E-state index in [4.69, 9.17) is 22.4 Å². The molecule has 0 radical (unpaired) electrons. The molecule has 1 aliphatic heterocycles. The second-order valence-corrected chi connectivity index (χ2v) is 6.08. The van der Waals surface area contributed by atoms with Gasteiger partial charge in [-0.1, -0.05) is 11.6 Å². The largest absolute Gasteiger partial charge is 0.465 e. The lowest BCUT2D eigenvalue weighted by molar-refractivity contribution is 0.142. The number of halogens is 1. The van der Waals surface area contributed by atoms with Crippen molar-refractivity contribution in [1.29, 1.82) is 0 Å². The SMILES string of the molecule is CN(C(=O)O)[C@@H]1CCN(c2cc(-c3cnn(C)c3Cl)nc(N)n2)C1. The summed E-state index contributed by atoms with van der Waals surface area (Å²) in [5.41, 5.74) is 7.10. The zero-order valence-corrected chi connectivity index (χ0v) is 14.1. The molecule has 10 heteroatoms. The monoisotopic (exact) mass is 351 g/mol. The summed E-state index contributed by atoms with van der Waals surface area (Å²) < 4.78 is 1.54. The standard InChI is InChI=1S/C14H18ClN7O2/c1-20(14(23)24)8-3-4-22(7-8)11-5-10(18-13(16)19-11)9-6-17-21(2)12(9)15/h5-6,8H,3-4,7H2,1-2H3,(H,23,24)(H2,16,18,19)/t8-/m1/s1. The molecule has 0 aromatic carbocycles. The van der Waals surface area contributed by atoms with E-state index in [0.717, 1.165) is 6.42 Å². The first-order chi connectivity index (χ1) is 11.4. The number of carboxylic acid groups (broad SMARTS) is 1. The number of nitrogens with two attached hydrogens (primary N) is 1. The molecule has 2 aromatic heterocycles. The highest BCUT2D eigenvalue weighted by molar-refractivity contribution is 6.32. The van der Waals surface area contributed by atoms with Crippen LogP contribution in [0.15, 0.2) is 12.3 Å². The number of carbonyl (C=O) groups is 1. The van der Waals surface area contributed by atoms with Gasteiger partial charge in [-0.25, -0.2) is 9.78 Å². The van der Waals surface area contributed by atoms with Gasteiger partial charge >= 0.3 is 6.09 Å². The molecule has 3 N–H and O–H groups in total. The summed E-state index contributed by atoms with van der Waals surface area (Å²) in [6.45, 7) is 1.25. The Kier molecular flexibility index (Phi) is 4.18. The van der Waals surface area contributed by atoms with Gasteiger partial charge in [0.25, 0.3) is 0 Å². The smallest absolute Gasteiger partial charge is 0.407 e. The Morgan fingerprint density at radius 3 is 2.88 bits per heavy atom. The number of anilines is 2. The molecule has 0 bridgehead atoms. The van der Waals surface area contributed by atoms with Gasteiger partial charge in [-0.3, -0.25) is 4.68 Å². The molecule has 3 rings (SSSR count). The lowest BCUT2D eigenvalue weighted by Crippen LogP contribution is -2.38. The van der Waals surface area contributed by atoms with Crippen LogP contribution in [-0.2, 0) is 7.05 Å². The number of hydrogen-bond donors (Lipinski definition) is 2. The van der Waals surface area contributed by atoms with Crippen LogP contribution in [-0.4, -0.2) is 62.0 Å². The summed E-state index contributed by atoms with van der Waals surface area (Å²) in [6, 6.07) is 1.71. The lowest BCUT2D eigenvalue weighted by Gasteiger charge is -2.22. The Morgan fingerprint density at radius 1 is 1.50 bits per heavy atom. The number of likely N-dealkylation sites (N-methyl/N-ethyl adjacent to an activating group) is 1. The van der Waals surface area contributed by atoms with E-state index in [9.17, 15) is 4.79 Å². The molecule has 0 spiro atoms. The zero-order chi connectivity index (χ0) is 17.4. The van der Waals surface area contributed by atoms with E-state index >= 15 is 0 Å². The number of amides is 1. The molecule has 1 saturated heterocycles. The minimum atomic E-state index is -0.938. The van der Waals surface area contributed by atoms with E-state index in [1.54, 1.807) is 31.0 Å². The second-order valence-electron chi connectivity index (χ2n) is 5.72. The third-order valence-corrected chi connectivity index (χ3v) is 4.66. The Labute approximate surface area is 143 Å². The van der Waals surface area contributed by atoms with Gasteiger partial charge in [0.1, 0.15) is 11.0 Å². The summed E-state index contributed by atoms with van der Waals surface area (Å²) in [7, 11) is 3.32. The summed E-state index contributed by atoms with van der Waals surface area (Å²) >= 11 is 6.22. The van der Waals surface area contributed by atoms with Gasteiger partial charge in [-0.15, -0.1) is 0 Å². The minimum Gasteiger partial charge on any atom is -0.465 e. The number of aryl methyl sites for hydroxylation is 1. The molecule has 0 unspecified atom stereocenters. The van der Waals surface area contributed by atoms with E-state index in [0.29, 0.717) is 35.3 Å². The predicted octanol–water partition coefficient (Wildman–Crippen LogP) is 1.30. The molecule has 128 valence electrons. The number of hydrogen-bond acceptors (Lipinski definition) is 6. The van der Waals surface area contributed by atoms with Crippen molar-refractivity contribution in [3.63, 3.8) is 0 Å². The van der Waals surface area contributed by atoms with Crippen LogP contribution in [0.4, 0.5) is 16.6 Å². The fourth-order valence-electron chi connectivity index (χ4n) is 2.77. The van der Waals surface area contributed by atoms with Crippen molar-refractivity contribution >= 4 is 29.5 Å². The number of nitrogen functional groups attached to an aromatic ring is 1.